The maximum atomic E-state index is 6.10. The fourth-order valence-electron chi connectivity index (χ4n) is 0. The summed E-state index contributed by atoms with van der Waals surface area (Å²) < 4.78 is 6.10. The number of hydrogen-bond donors (Lipinski definition) is 0. The maximum absolute atomic E-state index is 6.10. The van der Waals surface area contributed by atoms with Crippen LogP contribution in [0, 0.1) is 6.92 Å². The molecule has 5 heavy (non-hydrogen) atoms. The Bertz CT molecular complexity index is 13.5. The van der Waals surface area contributed by atoms with Gasteiger partial charge in [-0.15, -0.1) is 0 Å². The van der Waals surface area contributed by atoms with Crippen molar-refractivity contribution in [2.45, 2.75) is 6.90 Å². The summed E-state index contributed by atoms with van der Waals surface area (Å²) in [6.45, 7) is 3.40. The zero-order chi connectivity index (χ0) is 5.41. The zero-order valence-electron chi connectivity index (χ0n) is 3.62. The molecule has 33 valence electrons. The molecule has 0 atom stereocenters. The number of hydrogen-bond acceptors (Lipinski definition) is 0. The third-order valence-corrected chi connectivity index (χ3v) is 0. The molecule has 0 nitrogen and oxygen atoms in total. The Labute approximate surface area is 63.7 Å². The Hall–Kier alpha value is 2.04. The Balaban J connectivity index is 0. The van der Waals surface area contributed by atoms with Gasteiger partial charge in [0, 0.05) is 0 Å². The molecule has 0 aromatic heterocycles. The van der Waals surface area contributed by atoms with E-state index in [-0.39, 0.29) is 6.90 Å². The molecule has 0 aliphatic rings. The van der Waals surface area contributed by atoms with E-state index in [1.54, 1.807) is 0 Å². The fourth-order valence-corrected chi connectivity index (χ4v) is 0. The van der Waals surface area contributed by atoms with Gasteiger partial charge in [0.1, 0.15) is 0 Å². The minimum absolute atomic E-state index is 0.250. The SMILES string of the molecule is [2H]C[CH2-].[I][V][I]. The summed E-state index contributed by atoms with van der Waals surface area (Å²) in [5.74, 6) is 0. The Morgan fingerprint density at radius 1 is 2.00 bits per heavy atom. The summed E-state index contributed by atoms with van der Waals surface area (Å²) in [7, 11) is 0.628. The molecule has 0 saturated carbocycles. The van der Waals surface area contributed by atoms with Crippen molar-refractivity contribution < 1.29 is 10.8 Å². The van der Waals surface area contributed by atoms with Crippen LogP contribution in [0.25, 0.3) is 0 Å². The van der Waals surface area contributed by atoms with Crippen LogP contribution in [0.5, 0.6) is 0 Å². The average Bonchev–Trinajstić information content (AvgIpc) is 1.39. The molecule has 0 aromatic rings. The van der Waals surface area contributed by atoms with E-state index in [4.69, 9.17) is 1.37 Å². The second kappa shape index (κ2) is 16.6. The van der Waals surface area contributed by atoms with Crippen molar-refractivity contribution >= 4 is 40.0 Å². The van der Waals surface area contributed by atoms with E-state index in [0.717, 1.165) is 0 Å². The predicted octanol–water partition coefficient (Wildman–Crippen LogP) is 2.61. The quantitative estimate of drug-likeness (QED) is 0.472. The third-order valence-electron chi connectivity index (χ3n) is 0. The molecular formula is C2H5I2V-. The molecule has 3 heteroatoms. The van der Waals surface area contributed by atoms with E-state index in [9.17, 15) is 0 Å². The fraction of sp³-hybridized carbons (Fsp3) is 0.500. The predicted molar refractivity (Wildman–Crippen MR) is 39.1 cm³/mol. The van der Waals surface area contributed by atoms with Crippen LogP contribution >= 0.6 is 40.0 Å². The summed E-state index contributed by atoms with van der Waals surface area (Å²) in [4.78, 5) is 0. The van der Waals surface area contributed by atoms with E-state index in [0.29, 0.717) is 9.47 Å². The molecule has 0 spiro atoms. The van der Waals surface area contributed by atoms with Gasteiger partial charge >= 0.3 is 49.4 Å². The van der Waals surface area contributed by atoms with Gasteiger partial charge in [-0.3, -0.25) is 0 Å². The van der Waals surface area contributed by atoms with Gasteiger partial charge in [0.25, 0.3) is 0 Å². The monoisotopic (exact) mass is 335 g/mol. The van der Waals surface area contributed by atoms with E-state index >= 15 is 0 Å². The van der Waals surface area contributed by atoms with Crippen LogP contribution in [-0.4, -0.2) is 0 Å². The second-order valence-electron chi connectivity index (χ2n) is 0.0639. The van der Waals surface area contributed by atoms with Crippen LogP contribution in [0.1, 0.15) is 8.27 Å². The molecule has 0 rings (SSSR count). The van der Waals surface area contributed by atoms with Gasteiger partial charge in [-0.1, -0.05) is 0 Å². The molecule has 0 aliphatic heterocycles. The minimum atomic E-state index is 0.250. The van der Waals surface area contributed by atoms with E-state index in [1.165, 1.54) is 0 Å². The van der Waals surface area contributed by atoms with Crippen molar-refractivity contribution in [1.82, 2.24) is 0 Å². The first-order valence-electron chi connectivity index (χ1n) is 1.55. The molecule has 0 heterocycles. The number of rotatable bonds is 0. The van der Waals surface area contributed by atoms with Gasteiger partial charge in [0.15, 0.2) is 0 Å². The van der Waals surface area contributed by atoms with Crippen LogP contribution in [0.2, 0.25) is 0 Å². The normalized spacial score (nSPS) is 6.60. The molecule has 0 fully saturated rings. The van der Waals surface area contributed by atoms with Crippen LogP contribution in [-0.2, 0) is 9.47 Å². The van der Waals surface area contributed by atoms with Crippen LogP contribution < -0.4 is 0 Å². The van der Waals surface area contributed by atoms with Crippen LogP contribution in [0.15, 0.2) is 0 Å². The molecule has 0 bridgehead atoms. The topological polar surface area (TPSA) is 0 Å². The van der Waals surface area contributed by atoms with Crippen molar-refractivity contribution in [3.63, 3.8) is 0 Å². The molecule has 0 unspecified atom stereocenters. The molecule has 0 N–H and O–H groups in total. The van der Waals surface area contributed by atoms with Gasteiger partial charge in [-0.2, -0.15) is 6.90 Å². The average molecular weight is 335 g/mol. The van der Waals surface area contributed by atoms with E-state index < -0.39 is 0 Å². The van der Waals surface area contributed by atoms with Gasteiger partial charge in [0.2, 0.25) is 0 Å². The molecule has 0 saturated heterocycles. The van der Waals surface area contributed by atoms with E-state index in [1.807, 2.05) is 0 Å². The summed E-state index contributed by atoms with van der Waals surface area (Å²) >= 11 is 4.74. The van der Waals surface area contributed by atoms with Crippen molar-refractivity contribution in [3.8, 4) is 0 Å². The molecule has 0 radical (unpaired) electrons. The second-order valence-corrected chi connectivity index (χ2v) is 11.9. The molecule has 0 amide bonds. The van der Waals surface area contributed by atoms with Gasteiger partial charge in [-0.25, -0.2) is 0 Å². The summed E-state index contributed by atoms with van der Waals surface area (Å²) in [5, 5.41) is 0. The van der Waals surface area contributed by atoms with Gasteiger partial charge in [-0.05, 0) is 1.37 Å². The zero-order valence-corrected chi connectivity index (χ0v) is 8.33. The van der Waals surface area contributed by atoms with Crippen molar-refractivity contribution in [1.29, 1.82) is 0 Å². The van der Waals surface area contributed by atoms with Crippen molar-refractivity contribution in [2.24, 2.45) is 0 Å². The van der Waals surface area contributed by atoms with Gasteiger partial charge < -0.3 is 6.92 Å². The Morgan fingerprint density at radius 3 is 2.00 bits per heavy atom. The summed E-state index contributed by atoms with van der Waals surface area (Å²) in [5.41, 5.74) is 0. The Kier molecular flexibility index (Phi) is 23.4. The molecule has 0 aliphatic carbocycles. The standard InChI is InChI=1S/C2H5.2HI.V/c1-2;;;/h1H2,2H3;2*1H;/q-1;;;+2/p-2/i2D;;;. The van der Waals surface area contributed by atoms with Crippen LogP contribution in [0.3, 0.4) is 0 Å². The molecule has 0 aromatic carbocycles. The van der Waals surface area contributed by atoms with Crippen molar-refractivity contribution in [3.05, 3.63) is 6.92 Å². The first-order valence-corrected chi connectivity index (χ1v) is 9.85. The first-order chi connectivity index (χ1) is 2.83. The molecular weight excluding hydrogens is 329 g/mol. The summed E-state index contributed by atoms with van der Waals surface area (Å²) in [6, 6.07) is 0. The first kappa shape index (κ1) is 7.04. The van der Waals surface area contributed by atoms with Crippen LogP contribution in [0.4, 0.5) is 0 Å². The van der Waals surface area contributed by atoms with Gasteiger partial charge in [0.05, 0.1) is 0 Å². The summed E-state index contributed by atoms with van der Waals surface area (Å²) in [6.07, 6.45) is 0. The Morgan fingerprint density at radius 2 is 2.00 bits per heavy atom. The third kappa shape index (κ3) is 23.7. The van der Waals surface area contributed by atoms with Crippen molar-refractivity contribution in [2.75, 3.05) is 0 Å². The van der Waals surface area contributed by atoms with E-state index in [2.05, 4.69) is 46.9 Å². The number of halogens is 2.